The first kappa shape index (κ1) is 23.0. The summed E-state index contributed by atoms with van der Waals surface area (Å²) in [5.41, 5.74) is 8.12. The Morgan fingerprint density at radius 3 is 2.28 bits per heavy atom. The number of hydrogen-bond donors (Lipinski definition) is 3. The van der Waals surface area contributed by atoms with E-state index in [0.29, 0.717) is 12.0 Å². The molecule has 0 saturated carbocycles. The molecule has 5 rings (SSSR count). The molecule has 3 aromatic carbocycles. The molecule has 0 radical (unpaired) electrons. The second kappa shape index (κ2) is 9.46. The second-order valence-electron chi connectivity index (χ2n) is 8.63. The molecule has 0 spiro atoms. The Kier molecular flexibility index (Phi) is 6.03. The molecule has 0 unspecified atom stereocenters. The summed E-state index contributed by atoms with van der Waals surface area (Å²) >= 11 is 0. The average molecular weight is 480 g/mol. The number of urea groups is 1. The number of benzene rings is 3. The van der Waals surface area contributed by atoms with Crippen molar-refractivity contribution in [2.45, 2.75) is 25.4 Å². The number of hydrogen-bond acceptors (Lipinski definition) is 7. The molecule has 36 heavy (non-hydrogen) atoms. The summed E-state index contributed by atoms with van der Waals surface area (Å²) in [7, 11) is 0. The molecule has 9 heteroatoms. The number of nitrogens with two attached hydrogens (primary N) is 1. The fourth-order valence-electron chi connectivity index (χ4n) is 4.35. The first-order valence-corrected chi connectivity index (χ1v) is 11.5. The number of para-hydroxylation sites is 1. The van der Waals surface area contributed by atoms with Gasteiger partial charge >= 0.3 is 6.03 Å². The molecular weight excluding hydrogens is 454 g/mol. The summed E-state index contributed by atoms with van der Waals surface area (Å²) in [5, 5.41) is 6.08. The largest absolute Gasteiger partial charge is 0.368 e. The van der Waals surface area contributed by atoms with Gasteiger partial charge in [-0.1, -0.05) is 78.9 Å². The van der Waals surface area contributed by atoms with Crippen LogP contribution in [0, 0.1) is 6.92 Å². The Morgan fingerprint density at radius 2 is 1.56 bits per heavy atom. The van der Waals surface area contributed by atoms with E-state index in [4.69, 9.17) is 5.73 Å². The molecule has 1 atom stereocenters. The summed E-state index contributed by atoms with van der Waals surface area (Å²) in [6.45, 7) is 1.81. The minimum absolute atomic E-state index is 0.0123. The molecule has 0 bridgehead atoms. The molecular formula is C27H25N7O2. The number of aryl methyl sites for hydroxylation is 1. The minimum atomic E-state index is -1.25. The quantitative estimate of drug-likeness (QED) is 0.345. The van der Waals surface area contributed by atoms with E-state index in [1.165, 1.54) is 0 Å². The van der Waals surface area contributed by atoms with E-state index in [0.717, 1.165) is 21.7 Å². The van der Waals surface area contributed by atoms with Gasteiger partial charge in [-0.05, 0) is 29.7 Å². The van der Waals surface area contributed by atoms with Crippen molar-refractivity contribution >= 4 is 29.5 Å². The number of nitrogens with one attached hydrogen (secondary N) is 2. The van der Waals surface area contributed by atoms with E-state index >= 15 is 0 Å². The highest BCUT2D eigenvalue weighted by molar-refractivity contribution is 6.07. The number of nitrogen functional groups attached to an aromatic ring is 1. The van der Waals surface area contributed by atoms with Crippen LogP contribution in [0.2, 0.25) is 0 Å². The number of aromatic nitrogens is 3. The molecule has 1 fully saturated rings. The van der Waals surface area contributed by atoms with E-state index in [1.54, 1.807) is 0 Å². The van der Waals surface area contributed by atoms with Crippen LogP contribution >= 0.6 is 0 Å². The van der Waals surface area contributed by atoms with Gasteiger partial charge in [-0.2, -0.15) is 15.0 Å². The first-order valence-electron chi connectivity index (χ1n) is 11.5. The van der Waals surface area contributed by atoms with Crippen LogP contribution in [0.15, 0.2) is 84.9 Å². The summed E-state index contributed by atoms with van der Waals surface area (Å²) < 4.78 is 0. The normalized spacial score (nSPS) is 17.2. The molecule has 1 aromatic heterocycles. The predicted octanol–water partition coefficient (Wildman–Crippen LogP) is 3.70. The monoisotopic (exact) mass is 479 g/mol. The van der Waals surface area contributed by atoms with Gasteiger partial charge in [0.25, 0.3) is 5.91 Å². The van der Waals surface area contributed by atoms with Crippen molar-refractivity contribution in [1.29, 1.82) is 0 Å². The van der Waals surface area contributed by atoms with Crippen molar-refractivity contribution in [3.05, 3.63) is 107 Å². The lowest BCUT2D eigenvalue weighted by molar-refractivity contribution is -0.132. The molecule has 1 aliphatic heterocycles. The standard InChI is InChI=1S/C27H25N7O2/c1-18-10-8-9-15-21(18)29-25-31-22(30-24(28)32-25)17-34-23(35)27(33-26(34)36,20-13-6-3-7-14-20)16-19-11-4-2-5-12-19/h2-15H,16-17H2,1H3,(H,33,36)(H3,28,29,30,31,32)/t27-/m0/s1. The van der Waals surface area contributed by atoms with E-state index in [1.807, 2.05) is 91.9 Å². The van der Waals surface area contributed by atoms with Crippen LogP contribution in [0.25, 0.3) is 0 Å². The Morgan fingerprint density at radius 1 is 0.889 bits per heavy atom. The van der Waals surface area contributed by atoms with E-state index in [-0.39, 0.29) is 30.2 Å². The van der Waals surface area contributed by atoms with Crippen LogP contribution in [-0.2, 0) is 23.3 Å². The molecule has 9 nitrogen and oxygen atoms in total. The highest BCUT2D eigenvalue weighted by Gasteiger charge is 2.52. The third kappa shape index (κ3) is 4.46. The molecule has 4 N–H and O–H groups in total. The van der Waals surface area contributed by atoms with E-state index in [9.17, 15) is 9.59 Å². The molecule has 1 saturated heterocycles. The SMILES string of the molecule is Cc1ccccc1Nc1nc(N)nc(CN2C(=O)N[C@@](Cc3ccccc3)(c3ccccc3)C2=O)n1. The van der Waals surface area contributed by atoms with Gasteiger partial charge in [-0.15, -0.1) is 0 Å². The third-order valence-electron chi connectivity index (χ3n) is 6.14. The van der Waals surface area contributed by atoms with Crippen LogP contribution in [0.5, 0.6) is 0 Å². The summed E-state index contributed by atoms with van der Waals surface area (Å²) in [6.07, 6.45) is 0.304. The highest BCUT2D eigenvalue weighted by Crippen LogP contribution is 2.33. The maximum atomic E-state index is 13.9. The number of nitrogens with zero attached hydrogens (tertiary/aromatic N) is 4. The highest BCUT2D eigenvalue weighted by atomic mass is 16.2. The lowest BCUT2D eigenvalue weighted by Gasteiger charge is -2.27. The summed E-state index contributed by atoms with van der Waals surface area (Å²) in [4.78, 5) is 40.9. The zero-order valence-corrected chi connectivity index (χ0v) is 19.7. The topological polar surface area (TPSA) is 126 Å². The van der Waals surface area contributed by atoms with Gasteiger partial charge in [0.05, 0.1) is 6.54 Å². The molecule has 2 heterocycles. The Hall–Kier alpha value is -4.79. The second-order valence-corrected chi connectivity index (χ2v) is 8.63. The number of rotatable bonds is 7. The number of carbonyl (C=O) groups is 2. The number of amides is 3. The average Bonchev–Trinajstić information content (AvgIpc) is 3.11. The van der Waals surface area contributed by atoms with Crippen molar-refractivity contribution < 1.29 is 9.59 Å². The van der Waals surface area contributed by atoms with Crippen molar-refractivity contribution in [3.63, 3.8) is 0 Å². The minimum Gasteiger partial charge on any atom is -0.368 e. The first-order chi connectivity index (χ1) is 17.4. The summed E-state index contributed by atoms with van der Waals surface area (Å²) in [5.74, 6) is 0.0415. The van der Waals surface area contributed by atoms with Crippen LogP contribution < -0.4 is 16.4 Å². The van der Waals surface area contributed by atoms with Crippen LogP contribution in [0.4, 0.5) is 22.4 Å². The van der Waals surface area contributed by atoms with Crippen LogP contribution in [-0.4, -0.2) is 31.8 Å². The number of carbonyl (C=O) groups excluding carboxylic acids is 2. The van der Waals surface area contributed by atoms with Gasteiger partial charge in [0, 0.05) is 12.1 Å². The fraction of sp³-hybridized carbons (Fsp3) is 0.148. The van der Waals surface area contributed by atoms with Gasteiger partial charge in [-0.25, -0.2) is 4.79 Å². The maximum absolute atomic E-state index is 13.9. The zero-order valence-electron chi connectivity index (χ0n) is 19.7. The van der Waals surface area contributed by atoms with Crippen molar-refractivity contribution in [2.24, 2.45) is 0 Å². The third-order valence-corrected chi connectivity index (χ3v) is 6.14. The molecule has 1 aliphatic rings. The van der Waals surface area contributed by atoms with Crippen LogP contribution in [0.1, 0.15) is 22.5 Å². The molecule has 3 amide bonds. The van der Waals surface area contributed by atoms with Gasteiger partial charge in [0.1, 0.15) is 0 Å². The Bertz CT molecular complexity index is 1410. The van der Waals surface area contributed by atoms with Gasteiger partial charge in [-0.3, -0.25) is 9.69 Å². The smallest absolute Gasteiger partial charge is 0.325 e. The van der Waals surface area contributed by atoms with Crippen LogP contribution in [0.3, 0.4) is 0 Å². The molecule has 0 aliphatic carbocycles. The van der Waals surface area contributed by atoms with Gasteiger partial charge < -0.3 is 16.4 Å². The predicted molar refractivity (Wildman–Crippen MR) is 136 cm³/mol. The number of anilines is 3. The summed E-state index contributed by atoms with van der Waals surface area (Å²) in [6, 6.07) is 26.0. The maximum Gasteiger partial charge on any atom is 0.325 e. The fourth-order valence-corrected chi connectivity index (χ4v) is 4.35. The number of imide groups is 1. The lowest BCUT2D eigenvalue weighted by Crippen LogP contribution is -2.46. The van der Waals surface area contributed by atoms with Crippen molar-refractivity contribution in [2.75, 3.05) is 11.1 Å². The van der Waals surface area contributed by atoms with Gasteiger partial charge in [0.15, 0.2) is 11.4 Å². The Labute approximate surface area is 208 Å². The van der Waals surface area contributed by atoms with Crippen molar-refractivity contribution in [3.8, 4) is 0 Å². The van der Waals surface area contributed by atoms with Gasteiger partial charge in [0.2, 0.25) is 11.9 Å². The molecule has 4 aromatic rings. The lowest BCUT2D eigenvalue weighted by atomic mass is 9.83. The van der Waals surface area contributed by atoms with E-state index in [2.05, 4.69) is 25.6 Å². The van der Waals surface area contributed by atoms with E-state index < -0.39 is 11.6 Å². The van der Waals surface area contributed by atoms with Crippen molar-refractivity contribution in [1.82, 2.24) is 25.2 Å². The molecule has 180 valence electrons. The zero-order chi connectivity index (χ0) is 25.1. The Balaban J connectivity index is 1.45.